The van der Waals surface area contributed by atoms with E-state index < -0.39 is 0 Å². The number of rotatable bonds is 2. The molecule has 0 atom stereocenters. The number of hydrogen-bond acceptors (Lipinski definition) is 3. The van der Waals surface area contributed by atoms with Crippen molar-refractivity contribution in [1.82, 2.24) is 9.97 Å². The van der Waals surface area contributed by atoms with Gasteiger partial charge in [0.25, 0.3) is 11.5 Å². The number of aromatic nitrogens is 2. The van der Waals surface area contributed by atoms with Crippen LogP contribution < -0.4 is 10.9 Å². The fraction of sp³-hybridized carbons (Fsp3) is 0.0625. The second-order valence-electron chi connectivity index (χ2n) is 4.71. The Kier molecular flexibility index (Phi) is 3.23. The van der Waals surface area contributed by atoms with Crippen LogP contribution in [0.15, 0.2) is 53.3 Å². The Morgan fingerprint density at radius 2 is 1.81 bits per heavy atom. The smallest absolute Gasteiger partial charge is 0.282 e. The molecule has 5 heteroatoms. The molecule has 0 saturated heterocycles. The van der Waals surface area contributed by atoms with Gasteiger partial charge in [0.2, 0.25) is 5.95 Å². The van der Waals surface area contributed by atoms with Gasteiger partial charge in [0.1, 0.15) is 0 Å². The molecule has 1 heterocycles. The molecule has 0 bridgehead atoms. The zero-order valence-corrected chi connectivity index (χ0v) is 11.4. The first kappa shape index (κ1) is 13.1. The quantitative estimate of drug-likeness (QED) is 0.756. The highest BCUT2D eigenvalue weighted by Crippen LogP contribution is 2.11. The van der Waals surface area contributed by atoms with Gasteiger partial charge in [0.15, 0.2) is 0 Å². The first-order chi connectivity index (χ1) is 10.1. The fourth-order valence-electron chi connectivity index (χ4n) is 2.16. The summed E-state index contributed by atoms with van der Waals surface area (Å²) in [7, 11) is 0. The highest BCUT2D eigenvalue weighted by molar-refractivity contribution is 6.04. The Morgan fingerprint density at radius 1 is 1.10 bits per heavy atom. The van der Waals surface area contributed by atoms with Gasteiger partial charge >= 0.3 is 0 Å². The minimum Gasteiger partial charge on any atom is -0.325 e. The summed E-state index contributed by atoms with van der Waals surface area (Å²) in [5, 5.41) is 3.12. The number of anilines is 1. The van der Waals surface area contributed by atoms with Crippen molar-refractivity contribution in [1.29, 1.82) is 0 Å². The molecular weight excluding hydrogens is 266 g/mol. The predicted octanol–water partition coefficient (Wildman–Crippen LogP) is 2.48. The van der Waals surface area contributed by atoms with Gasteiger partial charge in [-0.25, -0.2) is 0 Å². The Morgan fingerprint density at radius 3 is 2.62 bits per heavy atom. The molecule has 0 fully saturated rings. The average molecular weight is 279 g/mol. The molecule has 1 amide bonds. The number of amides is 1. The second kappa shape index (κ2) is 5.20. The number of nitrogens with zero attached hydrogens (tertiary/aromatic N) is 1. The zero-order chi connectivity index (χ0) is 14.8. The Labute approximate surface area is 120 Å². The molecule has 21 heavy (non-hydrogen) atoms. The third-order valence-electron chi connectivity index (χ3n) is 3.25. The molecule has 0 aliphatic heterocycles. The number of carbonyl (C=O) groups is 1. The number of aryl methyl sites for hydroxylation is 1. The van der Waals surface area contributed by atoms with Crippen LogP contribution in [0.5, 0.6) is 0 Å². The number of fused-ring (bicyclic) bond motifs is 1. The number of H-pyrrole nitrogens is 1. The van der Waals surface area contributed by atoms with E-state index in [-0.39, 0.29) is 17.4 Å². The molecule has 0 spiro atoms. The summed E-state index contributed by atoms with van der Waals surface area (Å²) in [6, 6.07) is 14.3. The monoisotopic (exact) mass is 279 g/mol. The molecule has 5 nitrogen and oxygen atoms in total. The lowest BCUT2D eigenvalue weighted by Gasteiger charge is -2.07. The molecule has 0 saturated carbocycles. The predicted molar refractivity (Wildman–Crippen MR) is 81.5 cm³/mol. The van der Waals surface area contributed by atoms with E-state index >= 15 is 0 Å². The molecule has 2 aromatic carbocycles. The molecule has 0 radical (unpaired) electrons. The lowest BCUT2D eigenvalue weighted by molar-refractivity contribution is 0.102. The molecule has 1 aromatic heterocycles. The van der Waals surface area contributed by atoms with E-state index in [4.69, 9.17) is 0 Å². The van der Waals surface area contributed by atoms with Crippen molar-refractivity contribution in [2.45, 2.75) is 6.92 Å². The fourth-order valence-corrected chi connectivity index (χ4v) is 2.16. The van der Waals surface area contributed by atoms with E-state index in [2.05, 4.69) is 15.3 Å². The largest absolute Gasteiger partial charge is 0.325 e. The lowest BCUT2D eigenvalue weighted by Crippen LogP contribution is -2.19. The van der Waals surface area contributed by atoms with Crippen molar-refractivity contribution >= 4 is 22.8 Å². The van der Waals surface area contributed by atoms with Gasteiger partial charge in [-0.1, -0.05) is 30.3 Å². The summed E-state index contributed by atoms with van der Waals surface area (Å²) in [6.07, 6.45) is 0. The SMILES string of the molecule is Cc1ccccc1C(=O)Nc1nc(=O)c2ccccc2[nH]1. The van der Waals surface area contributed by atoms with Crippen LogP contribution in [-0.4, -0.2) is 15.9 Å². The number of nitrogens with one attached hydrogen (secondary N) is 2. The summed E-state index contributed by atoms with van der Waals surface area (Å²) in [5.41, 5.74) is 1.67. The van der Waals surface area contributed by atoms with Gasteiger partial charge in [-0.05, 0) is 30.7 Å². The van der Waals surface area contributed by atoms with Crippen molar-refractivity contribution in [3.05, 3.63) is 70.0 Å². The maximum absolute atomic E-state index is 12.2. The molecule has 0 aliphatic carbocycles. The Balaban J connectivity index is 1.97. The standard InChI is InChI=1S/C16H13N3O2/c1-10-6-2-3-7-11(10)14(20)18-16-17-13-9-5-4-8-12(13)15(21)19-16/h2-9H,1H3,(H2,17,18,19,20,21). The highest BCUT2D eigenvalue weighted by Gasteiger charge is 2.10. The molecule has 0 aliphatic rings. The van der Waals surface area contributed by atoms with Gasteiger partial charge in [-0.3, -0.25) is 14.9 Å². The lowest BCUT2D eigenvalue weighted by atomic mass is 10.1. The molecule has 3 aromatic rings. The van der Waals surface area contributed by atoms with Crippen LogP contribution in [0.25, 0.3) is 10.9 Å². The van der Waals surface area contributed by atoms with Crippen molar-refractivity contribution in [2.24, 2.45) is 0 Å². The Bertz CT molecular complexity index is 884. The van der Waals surface area contributed by atoms with E-state index in [0.29, 0.717) is 16.5 Å². The number of para-hydroxylation sites is 1. The normalized spacial score (nSPS) is 10.5. The van der Waals surface area contributed by atoms with Crippen LogP contribution in [0.4, 0.5) is 5.95 Å². The zero-order valence-electron chi connectivity index (χ0n) is 11.4. The first-order valence-corrected chi connectivity index (χ1v) is 6.51. The van der Waals surface area contributed by atoms with Crippen molar-refractivity contribution in [2.75, 3.05) is 5.32 Å². The van der Waals surface area contributed by atoms with Gasteiger partial charge < -0.3 is 4.98 Å². The van der Waals surface area contributed by atoms with Gasteiger partial charge in [0.05, 0.1) is 10.9 Å². The molecule has 3 rings (SSSR count). The molecule has 0 unspecified atom stereocenters. The summed E-state index contributed by atoms with van der Waals surface area (Å²) in [6.45, 7) is 1.85. The highest BCUT2D eigenvalue weighted by atomic mass is 16.2. The van der Waals surface area contributed by atoms with Crippen LogP contribution in [-0.2, 0) is 0 Å². The van der Waals surface area contributed by atoms with E-state index in [1.54, 1.807) is 30.3 Å². The third-order valence-corrected chi connectivity index (χ3v) is 3.25. The Hall–Kier alpha value is -2.95. The minimum atomic E-state index is -0.371. The van der Waals surface area contributed by atoms with Crippen LogP contribution in [0.2, 0.25) is 0 Å². The van der Waals surface area contributed by atoms with E-state index in [9.17, 15) is 9.59 Å². The number of hydrogen-bond donors (Lipinski definition) is 2. The van der Waals surface area contributed by atoms with Crippen LogP contribution in [0.1, 0.15) is 15.9 Å². The first-order valence-electron chi connectivity index (χ1n) is 6.51. The summed E-state index contributed by atoms with van der Waals surface area (Å²) in [4.78, 5) is 30.9. The van der Waals surface area contributed by atoms with Crippen molar-refractivity contribution in [3.8, 4) is 0 Å². The number of aromatic amines is 1. The van der Waals surface area contributed by atoms with Gasteiger partial charge in [-0.15, -0.1) is 0 Å². The topological polar surface area (TPSA) is 74.8 Å². The van der Waals surface area contributed by atoms with E-state index in [0.717, 1.165) is 5.56 Å². The van der Waals surface area contributed by atoms with Gasteiger partial charge in [-0.2, -0.15) is 4.98 Å². The summed E-state index contributed by atoms with van der Waals surface area (Å²) in [5.74, 6) is -0.154. The van der Waals surface area contributed by atoms with Crippen LogP contribution in [0.3, 0.4) is 0 Å². The molecule has 2 N–H and O–H groups in total. The number of carbonyl (C=O) groups excluding carboxylic acids is 1. The minimum absolute atomic E-state index is 0.145. The molecule has 104 valence electrons. The summed E-state index contributed by atoms with van der Waals surface area (Å²) >= 11 is 0. The van der Waals surface area contributed by atoms with Crippen LogP contribution in [0, 0.1) is 6.92 Å². The summed E-state index contributed by atoms with van der Waals surface area (Å²) < 4.78 is 0. The number of benzene rings is 2. The average Bonchev–Trinajstić information content (AvgIpc) is 2.47. The maximum Gasteiger partial charge on any atom is 0.282 e. The maximum atomic E-state index is 12.2. The van der Waals surface area contributed by atoms with E-state index in [1.165, 1.54) is 0 Å². The van der Waals surface area contributed by atoms with Gasteiger partial charge in [0, 0.05) is 5.56 Å². The van der Waals surface area contributed by atoms with E-state index in [1.807, 2.05) is 25.1 Å². The van der Waals surface area contributed by atoms with Crippen LogP contribution >= 0.6 is 0 Å². The van der Waals surface area contributed by atoms with Crippen molar-refractivity contribution in [3.63, 3.8) is 0 Å². The second-order valence-corrected chi connectivity index (χ2v) is 4.71. The third kappa shape index (κ3) is 2.53. The van der Waals surface area contributed by atoms with Crippen molar-refractivity contribution < 1.29 is 4.79 Å². The molecular formula is C16H13N3O2.